The molecule has 2 rings (SSSR count). The number of thiophene rings is 1. The molecular weight excluding hydrogens is 286 g/mol. The summed E-state index contributed by atoms with van der Waals surface area (Å²) in [5, 5.41) is 2.08. The highest BCUT2D eigenvalue weighted by atomic mass is 79.9. The molecule has 0 spiro atoms. The molecule has 2 heterocycles. The van der Waals surface area contributed by atoms with Crippen LogP contribution in [-0.2, 0) is 6.54 Å². The Morgan fingerprint density at radius 2 is 2.31 bits per heavy atom. The standard InChI is InChI=1S/C11H12BrN3S/c1-15(6-10-4-8(12)7-16-10)11-5-9(13)2-3-14-11/h2-5,7H,6H2,1H3,(H2,13,14). The third-order valence-electron chi connectivity index (χ3n) is 2.18. The molecule has 0 aromatic carbocycles. The van der Waals surface area contributed by atoms with Crippen molar-refractivity contribution >= 4 is 38.8 Å². The van der Waals surface area contributed by atoms with Gasteiger partial charge in [0.15, 0.2) is 0 Å². The molecule has 0 aliphatic rings. The van der Waals surface area contributed by atoms with Crippen LogP contribution in [0.15, 0.2) is 34.2 Å². The minimum Gasteiger partial charge on any atom is -0.399 e. The predicted octanol–water partition coefficient (Wildman–Crippen LogP) is 3.12. The van der Waals surface area contributed by atoms with Crippen LogP contribution in [0.1, 0.15) is 4.88 Å². The molecule has 0 fully saturated rings. The van der Waals surface area contributed by atoms with Gasteiger partial charge in [-0.15, -0.1) is 11.3 Å². The quantitative estimate of drug-likeness (QED) is 0.946. The number of nitrogens with two attached hydrogens (primary N) is 1. The Balaban J connectivity index is 2.11. The highest BCUT2D eigenvalue weighted by Crippen LogP contribution is 2.22. The summed E-state index contributed by atoms with van der Waals surface area (Å²) >= 11 is 5.18. The van der Waals surface area contributed by atoms with E-state index in [4.69, 9.17) is 5.73 Å². The largest absolute Gasteiger partial charge is 0.399 e. The van der Waals surface area contributed by atoms with Crippen molar-refractivity contribution < 1.29 is 0 Å². The third kappa shape index (κ3) is 2.74. The molecule has 0 bridgehead atoms. The first kappa shape index (κ1) is 11.4. The highest BCUT2D eigenvalue weighted by molar-refractivity contribution is 9.10. The van der Waals surface area contributed by atoms with Crippen LogP contribution in [0, 0.1) is 0 Å². The number of nitrogen functional groups attached to an aromatic ring is 1. The average Bonchev–Trinajstić information content (AvgIpc) is 2.64. The Bertz CT molecular complexity index is 484. The molecule has 0 unspecified atom stereocenters. The minimum absolute atomic E-state index is 0.740. The number of hydrogen-bond acceptors (Lipinski definition) is 4. The summed E-state index contributed by atoms with van der Waals surface area (Å²) < 4.78 is 1.13. The van der Waals surface area contributed by atoms with Gasteiger partial charge in [-0.2, -0.15) is 0 Å². The van der Waals surface area contributed by atoms with Crippen LogP contribution in [0.4, 0.5) is 11.5 Å². The van der Waals surface area contributed by atoms with Crippen LogP contribution < -0.4 is 10.6 Å². The van der Waals surface area contributed by atoms with E-state index in [2.05, 4.69) is 37.3 Å². The van der Waals surface area contributed by atoms with Gasteiger partial charge in [-0.05, 0) is 28.1 Å². The van der Waals surface area contributed by atoms with Crippen molar-refractivity contribution in [1.29, 1.82) is 0 Å². The second kappa shape index (κ2) is 4.84. The number of aromatic nitrogens is 1. The molecular formula is C11H12BrN3S. The summed E-state index contributed by atoms with van der Waals surface area (Å²) in [7, 11) is 2.01. The first-order valence-corrected chi connectivity index (χ1v) is 6.48. The smallest absolute Gasteiger partial charge is 0.130 e. The van der Waals surface area contributed by atoms with E-state index in [1.165, 1.54) is 4.88 Å². The molecule has 16 heavy (non-hydrogen) atoms. The lowest BCUT2D eigenvalue weighted by atomic mass is 10.3. The molecule has 2 aromatic rings. The highest BCUT2D eigenvalue weighted by Gasteiger charge is 2.05. The summed E-state index contributed by atoms with van der Waals surface area (Å²) in [5.74, 6) is 0.893. The van der Waals surface area contributed by atoms with Crippen molar-refractivity contribution in [3.63, 3.8) is 0 Å². The van der Waals surface area contributed by atoms with E-state index in [0.717, 1.165) is 22.5 Å². The van der Waals surface area contributed by atoms with E-state index in [1.807, 2.05) is 13.1 Å². The van der Waals surface area contributed by atoms with Gasteiger partial charge in [0.25, 0.3) is 0 Å². The van der Waals surface area contributed by atoms with Gasteiger partial charge in [0, 0.05) is 39.7 Å². The molecule has 84 valence electrons. The van der Waals surface area contributed by atoms with Gasteiger partial charge < -0.3 is 10.6 Å². The summed E-state index contributed by atoms with van der Waals surface area (Å²) in [6, 6.07) is 5.79. The van der Waals surface area contributed by atoms with E-state index in [1.54, 1.807) is 23.6 Å². The third-order valence-corrected chi connectivity index (χ3v) is 3.86. The first-order valence-electron chi connectivity index (χ1n) is 4.81. The van der Waals surface area contributed by atoms with E-state index in [-0.39, 0.29) is 0 Å². The molecule has 3 nitrogen and oxygen atoms in total. The molecule has 0 atom stereocenters. The molecule has 0 saturated carbocycles. The fourth-order valence-corrected chi connectivity index (χ4v) is 2.90. The Kier molecular flexibility index (Phi) is 3.46. The summed E-state index contributed by atoms with van der Waals surface area (Å²) in [4.78, 5) is 7.65. The van der Waals surface area contributed by atoms with Gasteiger partial charge in [0.1, 0.15) is 5.82 Å². The van der Waals surface area contributed by atoms with Gasteiger partial charge in [-0.1, -0.05) is 0 Å². The van der Waals surface area contributed by atoms with Crippen molar-refractivity contribution in [3.05, 3.63) is 39.1 Å². The van der Waals surface area contributed by atoms with Gasteiger partial charge >= 0.3 is 0 Å². The number of pyridine rings is 1. The number of rotatable bonds is 3. The monoisotopic (exact) mass is 297 g/mol. The summed E-state index contributed by atoms with van der Waals surface area (Å²) in [6.45, 7) is 0.840. The van der Waals surface area contributed by atoms with Gasteiger partial charge in [-0.25, -0.2) is 4.98 Å². The molecule has 0 aliphatic carbocycles. The lowest BCUT2D eigenvalue weighted by Crippen LogP contribution is -2.16. The molecule has 5 heteroatoms. The zero-order chi connectivity index (χ0) is 11.5. The molecule has 2 N–H and O–H groups in total. The molecule has 0 saturated heterocycles. The van der Waals surface area contributed by atoms with Gasteiger partial charge in [0.2, 0.25) is 0 Å². The lowest BCUT2D eigenvalue weighted by Gasteiger charge is -2.17. The normalized spacial score (nSPS) is 10.4. The van der Waals surface area contributed by atoms with E-state index in [0.29, 0.717) is 0 Å². The van der Waals surface area contributed by atoms with Crippen LogP contribution >= 0.6 is 27.3 Å². The average molecular weight is 298 g/mol. The minimum atomic E-state index is 0.740. The molecule has 0 amide bonds. The van der Waals surface area contributed by atoms with Crippen LogP contribution in [0.5, 0.6) is 0 Å². The second-order valence-corrected chi connectivity index (χ2v) is 5.45. The van der Waals surface area contributed by atoms with Gasteiger partial charge in [0.05, 0.1) is 6.54 Å². The van der Waals surface area contributed by atoms with Crippen molar-refractivity contribution in [1.82, 2.24) is 4.98 Å². The predicted molar refractivity (Wildman–Crippen MR) is 72.8 cm³/mol. The maximum Gasteiger partial charge on any atom is 0.130 e. The molecule has 0 aliphatic heterocycles. The van der Waals surface area contributed by atoms with Crippen molar-refractivity contribution in [2.75, 3.05) is 17.7 Å². The topological polar surface area (TPSA) is 42.1 Å². The van der Waals surface area contributed by atoms with Crippen molar-refractivity contribution in [2.45, 2.75) is 6.54 Å². The van der Waals surface area contributed by atoms with E-state index < -0.39 is 0 Å². The Hall–Kier alpha value is -1.07. The second-order valence-electron chi connectivity index (χ2n) is 3.53. The fourth-order valence-electron chi connectivity index (χ4n) is 1.39. The fraction of sp³-hybridized carbons (Fsp3) is 0.182. The van der Waals surface area contributed by atoms with Crippen LogP contribution in [-0.4, -0.2) is 12.0 Å². The molecule has 2 aromatic heterocycles. The lowest BCUT2D eigenvalue weighted by molar-refractivity contribution is 0.913. The van der Waals surface area contributed by atoms with E-state index in [9.17, 15) is 0 Å². The number of hydrogen-bond donors (Lipinski definition) is 1. The molecule has 0 radical (unpaired) electrons. The Morgan fingerprint density at radius 1 is 1.50 bits per heavy atom. The Labute approximate surface area is 107 Å². The van der Waals surface area contributed by atoms with Crippen LogP contribution in [0.3, 0.4) is 0 Å². The maximum absolute atomic E-state index is 5.72. The zero-order valence-corrected chi connectivity index (χ0v) is 11.3. The van der Waals surface area contributed by atoms with E-state index >= 15 is 0 Å². The number of nitrogens with zero attached hydrogens (tertiary/aromatic N) is 2. The number of halogens is 1. The SMILES string of the molecule is CN(Cc1cc(Br)cs1)c1cc(N)ccn1. The summed E-state index contributed by atoms with van der Waals surface area (Å²) in [6.07, 6.45) is 1.73. The Morgan fingerprint density at radius 3 is 2.94 bits per heavy atom. The van der Waals surface area contributed by atoms with Crippen molar-refractivity contribution in [2.24, 2.45) is 0 Å². The zero-order valence-electron chi connectivity index (χ0n) is 8.85. The summed E-state index contributed by atoms with van der Waals surface area (Å²) in [5.41, 5.74) is 6.46. The number of anilines is 2. The first-order chi connectivity index (χ1) is 7.65. The van der Waals surface area contributed by atoms with Crippen molar-refractivity contribution in [3.8, 4) is 0 Å². The van der Waals surface area contributed by atoms with Gasteiger partial charge in [-0.3, -0.25) is 0 Å². The van der Waals surface area contributed by atoms with Crippen LogP contribution in [0.2, 0.25) is 0 Å². The van der Waals surface area contributed by atoms with Crippen LogP contribution in [0.25, 0.3) is 0 Å². The maximum atomic E-state index is 5.72.